The summed E-state index contributed by atoms with van der Waals surface area (Å²) in [5, 5.41) is 9.98. The molecule has 2 aromatic carbocycles. The number of rotatable bonds is 3. The largest absolute Gasteiger partial charge is 0.479 e. The predicted octanol–water partition coefficient (Wildman–Crippen LogP) is 4.81. The van der Waals surface area contributed by atoms with Crippen LogP contribution in [0.1, 0.15) is 22.7 Å². The Kier molecular flexibility index (Phi) is 3.56. The van der Waals surface area contributed by atoms with Crippen LogP contribution in [0.2, 0.25) is 0 Å². The molecular weight excluding hydrogens is 300 g/mol. The van der Waals surface area contributed by atoms with Gasteiger partial charge in [-0.15, -0.1) is 0 Å². The summed E-state index contributed by atoms with van der Waals surface area (Å²) in [7, 11) is 0. The van der Waals surface area contributed by atoms with E-state index < -0.39 is 0 Å². The van der Waals surface area contributed by atoms with Crippen molar-refractivity contribution in [1.82, 2.24) is 4.98 Å². The van der Waals surface area contributed by atoms with Gasteiger partial charge in [0.2, 0.25) is 5.89 Å². The SMILES string of the molecule is Oc1oc(/C=C/c2ccccc2)nc1C=C1C=Nc2ccccc21. The molecular formula is C20H14N2O2. The first kappa shape index (κ1) is 14.2. The molecule has 116 valence electrons. The third-order valence-electron chi connectivity index (χ3n) is 3.72. The fourth-order valence-corrected chi connectivity index (χ4v) is 2.54. The van der Waals surface area contributed by atoms with E-state index in [-0.39, 0.29) is 5.95 Å². The Labute approximate surface area is 139 Å². The van der Waals surface area contributed by atoms with Gasteiger partial charge in [-0.25, -0.2) is 4.98 Å². The minimum absolute atomic E-state index is 0.201. The number of oxazole rings is 1. The van der Waals surface area contributed by atoms with Crippen molar-refractivity contribution in [3.8, 4) is 5.95 Å². The fraction of sp³-hybridized carbons (Fsp3) is 0. The molecule has 0 atom stereocenters. The number of aliphatic imine (C=N–C) groups is 1. The minimum Gasteiger partial charge on any atom is -0.479 e. The number of allylic oxidation sites excluding steroid dienone is 1. The molecule has 2 heterocycles. The topological polar surface area (TPSA) is 58.6 Å². The van der Waals surface area contributed by atoms with Crippen molar-refractivity contribution in [2.45, 2.75) is 0 Å². The Balaban J connectivity index is 1.62. The lowest BCUT2D eigenvalue weighted by atomic mass is 10.1. The molecule has 0 fully saturated rings. The zero-order valence-electron chi connectivity index (χ0n) is 12.8. The highest BCUT2D eigenvalue weighted by atomic mass is 16.5. The van der Waals surface area contributed by atoms with Crippen LogP contribution in [0.25, 0.3) is 23.8 Å². The maximum atomic E-state index is 9.98. The highest BCUT2D eigenvalue weighted by Gasteiger charge is 2.14. The molecule has 0 saturated heterocycles. The van der Waals surface area contributed by atoms with Crippen LogP contribution in [0.4, 0.5) is 5.69 Å². The van der Waals surface area contributed by atoms with E-state index in [4.69, 9.17) is 4.42 Å². The van der Waals surface area contributed by atoms with Crippen LogP contribution in [0.5, 0.6) is 5.95 Å². The molecule has 0 radical (unpaired) electrons. The first-order chi connectivity index (χ1) is 11.8. The molecule has 1 aliphatic heterocycles. The van der Waals surface area contributed by atoms with Crippen molar-refractivity contribution >= 4 is 35.7 Å². The van der Waals surface area contributed by atoms with E-state index in [0.717, 1.165) is 22.4 Å². The number of para-hydroxylation sites is 1. The van der Waals surface area contributed by atoms with Gasteiger partial charge in [-0.2, -0.15) is 0 Å². The van der Waals surface area contributed by atoms with E-state index in [1.807, 2.05) is 60.7 Å². The molecule has 0 bridgehead atoms. The van der Waals surface area contributed by atoms with Crippen LogP contribution in [-0.4, -0.2) is 16.3 Å². The number of hydrogen-bond donors (Lipinski definition) is 1. The smallest absolute Gasteiger partial charge is 0.310 e. The van der Waals surface area contributed by atoms with Crippen LogP contribution < -0.4 is 0 Å². The molecule has 0 saturated carbocycles. The quantitative estimate of drug-likeness (QED) is 0.755. The van der Waals surface area contributed by atoms with Crippen molar-refractivity contribution in [2.24, 2.45) is 4.99 Å². The van der Waals surface area contributed by atoms with E-state index in [0.29, 0.717) is 11.6 Å². The minimum atomic E-state index is -0.201. The third-order valence-corrected chi connectivity index (χ3v) is 3.72. The Bertz CT molecular complexity index is 966. The molecule has 1 aliphatic rings. The normalized spacial score (nSPS) is 14.6. The Hall–Kier alpha value is -3.40. The molecule has 1 aromatic heterocycles. The van der Waals surface area contributed by atoms with Gasteiger partial charge in [0.05, 0.1) is 5.69 Å². The van der Waals surface area contributed by atoms with Crippen LogP contribution in [0.15, 0.2) is 64.0 Å². The molecule has 0 aliphatic carbocycles. The first-order valence-electron chi connectivity index (χ1n) is 7.58. The summed E-state index contributed by atoms with van der Waals surface area (Å²) in [5.41, 5.74) is 4.25. The molecule has 4 rings (SSSR count). The predicted molar refractivity (Wildman–Crippen MR) is 96.0 cm³/mol. The van der Waals surface area contributed by atoms with Gasteiger partial charge in [0.1, 0.15) is 5.69 Å². The van der Waals surface area contributed by atoms with Gasteiger partial charge < -0.3 is 9.52 Å². The average Bonchev–Trinajstić information content (AvgIpc) is 3.18. The van der Waals surface area contributed by atoms with Gasteiger partial charge in [-0.05, 0) is 23.8 Å². The second-order valence-corrected chi connectivity index (χ2v) is 5.36. The molecule has 0 amide bonds. The molecule has 3 aromatic rings. The maximum Gasteiger partial charge on any atom is 0.310 e. The zero-order chi connectivity index (χ0) is 16.4. The second-order valence-electron chi connectivity index (χ2n) is 5.36. The standard InChI is InChI=1S/C20H14N2O2/c23-20-18(12-15-13-21-17-9-5-4-8-16(15)17)22-19(24-20)11-10-14-6-2-1-3-7-14/h1-13,23H/b11-10+,15-12?. The average molecular weight is 314 g/mol. The monoisotopic (exact) mass is 314 g/mol. The van der Waals surface area contributed by atoms with Crippen molar-refractivity contribution in [3.63, 3.8) is 0 Å². The molecule has 1 N–H and O–H groups in total. The van der Waals surface area contributed by atoms with Gasteiger partial charge in [-0.1, -0.05) is 48.5 Å². The zero-order valence-corrected chi connectivity index (χ0v) is 12.8. The van der Waals surface area contributed by atoms with Crippen molar-refractivity contribution in [2.75, 3.05) is 0 Å². The summed E-state index contributed by atoms with van der Waals surface area (Å²) in [5.74, 6) is 0.152. The van der Waals surface area contributed by atoms with Gasteiger partial charge >= 0.3 is 5.95 Å². The fourth-order valence-electron chi connectivity index (χ4n) is 2.54. The summed E-state index contributed by atoms with van der Waals surface area (Å²) in [4.78, 5) is 8.66. The van der Waals surface area contributed by atoms with E-state index in [2.05, 4.69) is 9.98 Å². The van der Waals surface area contributed by atoms with Crippen LogP contribution in [0.3, 0.4) is 0 Å². The van der Waals surface area contributed by atoms with E-state index in [1.54, 1.807) is 18.4 Å². The summed E-state index contributed by atoms with van der Waals surface area (Å²) >= 11 is 0. The van der Waals surface area contributed by atoms with E-state index in [9.17, 15) is 5.11 Å². The number of aromatic nitrogens is 1. The van der Waals surface area contributed by atoms with Crippen LogP contribution >= 0.6 is 0 Å². The third kappa shape index (κ3) is 2.77. The van der Waals surface area contributed by atoms with Gasteiger partial charge in [0.25, 0.3) is 0 Å². The van der Waals surface area contributed by atoms with Gasteiger partial charge in [0, 0.05) is 23.4 Å². The Morgan fingerprint density at radius 2 is 1.71 bits per heavy atom. The first-order valence-corrected chi connectivity index (χ1v) is 7.58. The molecule has 0 unspecified atom stereocenters. The Morgan fingerprint density at radius 1 is 0.917 bits per heavy atom. The Morgan fingerprint density at radius 3 is 2.58 bits per heavy atom. The summed E-state index contributed by atoms with van der Waals surface area (Å²) < 4.78 is 5.30. The van der Waals surface area contributed by atoms with Gasteiger partial charge in [0.15, 0.2) is 0 Å². The highest BCUT2D eigenvalue weighted by molar-refractivity contribution is 6.21. The van der Waals surface area contributed by atoms with Crippen LogP contribution in [0, 0.1) is 0 Å². The lowest BCUT2D eigenvalue weighted by Crippen LogP contribution is -1.81. The molecule has 4 nitrogen and oxygen atoms in total. The lowest BCUT2D eigenvalue weighted by Gasteiger charge is -1.97. The maximum absolute atomic E-state index is 9.98. The number of aromatic hydroxyl groups is 1. The van der Waals surface area contributed by atoms with E-state index >= 15 is 0 Å². The lowest BCUT2D eigenvalue weighted by molar-refractivity contribution is 0.328. The second kappa shape index (κ2) is 6.01. The molecule has 24 heavy (non-hydrogen) atoms. The summed E-state index contributed by atoms with van der Waals surface area (Å²) in [6, 6.07) is 17.7. The van der Waals surface area contributed by atoms with Gasteiger partial charge in [-0.3, -0.25) is 4.99 Å². The number of fused-ring (bicyclic) bond motifs is 1. The number of nitrogens with zero attached hydrogens (tertiary/aromatic N) is 2. The van der Waals surface area contributed by atoms with Crippen LogP contribution in [-0.2, 0) is 0 Å². The summed E-state index contributed by atoms with van der Waals surface area (Å²) in [6.07, 6.45) is 7.15. The highest BCUT2D eigenvalue weighted by Crippen LogP contribution is 2.33. The molecule has 4 heteroatoms. The number of benzene rings is 2. The van der Waals surface area contributed by atoms with Crippen molar-refractivity contribution in [1.29, 1.82) is 0 Å². The van der Waals surface area contributed by atoms with Crippen molar-refractivity contribution < 1.29 is 9.52 Å². The molecule has 0 spiro atoms. The number of hydrogen-bond acceptors (Lipinski definition) is 4. The summed E-state index contributed by atoms with van der Waals surface area (Å²) in [6.45, 7) is 0. The van der Waals surface area contributed by atoms with Crippen molar-refractivity contribution in [3.05, 3.63) is 77.3 Å². The van der Waals surface area contributed by atoms with E-state index in [1.165, 1.54) is 0 Å².